The van der Waals surface area contributed by atoms with Crippen LogP contribution in [0.15, 0.2) is 59.2 Å². The Morgan fingerprint density at radius 2 is 1.97 bits per heavy atom. The lowest BCUT2D eigenvalue weighted by Gasteiger charge is -2.29. The second-order valence-electron chi connectivity index (χ2n) is 7.66. The summed E-state index contributed by atoms with van der Waals surface area (Å²) in [6.45, 7) is 2.30. The third-order valence-electron chi connectivity index (χ3n) is 5.55. The van der Waals surface area contributed by atoms with Gasteiger partial charge >= 0.3 is 0 Å². The lowest BCUT2D eigenvalue weighted by Crippen LogP contribution is -2.43. The number of anilines is 1. The molecule has 0 aromatic heterocycles. The summed E-state index contributed by atoms with van der Waals surface area (Å²) in [5, 5.41) is 3.72. The maximum Gasteiger partial charge on any atom is 0.268 e. The number of nitrogens with zero attached hydrogens (tertiary/aromatic N) is 1. The average Bonchev–Trinajstić information content (AvgIpc) is 2.78. The van der Waals surface area contributed by atoms with Gasteiger partial charge in [-0.1, -0.05) is 35.9 Å². The van der Waals surface area contributed by atoms with Crippen molar-refractivity contribution < 1.29 is 14.3 Å². The number of thioether (sulfide) groups is 1. The highest BCUT2D eigenvalue weighted by Crippen LogP contribution is 2.31. The Bertz CT molecular complexity index is 1010. The Hall–Kier alpha value is -2.44. The van der Waals surface area contributed by atoms with E-state index in [1.807, 2.05) is 12.1 Å². The third kappa shape index (κ3) is 5.08. The van der Waals surface area contributed by atoms with E-state index < -0.39 is 0 Å². The Balaban J connectivity index is 1.55. The van der Waals surface area contributed by atoms with Gasteiger partial charge in [-0.15, -0.1) is 11.8 Å². The van der Waals surface area contributed by atoms with Crippen LogP contribution in [0.5, 0.6) is 0 Å². The predicted octanol–water partition coefficient (Wildman–Crippen LogP) is 4.86. The average molecular weight is 457 g/mol. The molecule has 0 unspecified atom stereocenters. The lowest BCUT2D eigenvalue weighted by molar-refractivity contribution is -0.123. The molecule has 2 amide bonds. The fourth-order valence-electron chi connectivity index (χ4n) is 4.03. The van der Waals surface area contributed by atoms with Crippen LogP contribution < -0.4 is 10.2 Å². The van der Waals surface area contributed by atoms with Crippen LogP contribution in [-0.4, -0.2) is 30.7 Å². The van der Waals surface area contributed by atoms with Crippen LogP contribution in [0, 0.1) is 0 Å². The van der Waals surface area contributed by atoms with Gasteiger partial charge in [-0.3, -0.25) is 14.5 Å². The van der Waals surface area contributed by atoms with Crippen LogP contribution in [0.25, 0.3) is 0 Å². The third-order valence-corrected chi connectivity index (χ3v) is 6.93. The van der Waals surface area contributed by atoms with E-state index in [1.54, 1.807) is 31.2 Å². The zero-order valence-corrected chi connectivity index (χ0v) is 19.0. The van der Waals surface area contributed by atoms with Crippen LogP contribution in [-0.2, 0) is 20.7 Å². The first-order valence-electron chi connectivity index (χ1n) is 10.4. The van der Waals surface area contributed by atoms with E-state index in [9.17, 15) is 9.59 Å². The molecule has 31 heavy (non-hydrogen) atoms. The Kier molecular flexibility index (Phi) is 6.88. The second kappa shape index (κ2) is 9.79. The SMILES string of the molecule is CC1=C(C(=O)N(CC(=O)N[C@H]2CCCc3ccccc32)c2ccc(Cl)cc2)SCCO1. The minimum atomic E-state index is -0.233. The van der Waals surface area contributed by atoms with Gasteiger partial charge in [-0.2, -0.15) is 0 Å². The largest absolute Gasteiger partial charge is 0.496 e. The van der Waals surface area contributed by atoms with E-state index in [0.29, 0.717) is 33.7 Å². The molecule has 4 rings (SSSR count). The highest BCUT2D eigenvalue weighted by atomic mass is 35.5. The van der Waals surface area contributed by atoms with Crippen molar-refractivity contribution in [2.24, 2.45) is 0 Å². The molecule has 2 aliphatic rings. The molecule has 1 aliphatic carbocycles. The molecule has 0 radical (unpaired) electrons. The molecule has 1 aliphatic heterocycles. The molecule has 0 saturated carbocycles. The van der Waals surface area contributed by atoms with E-state index in [0.717, 1.165) is 19.3 Å². The summed E-state index contributed by atoms with van der Waals surface area (Å²) < 4.78 is 5.57. The number of benzene rings is 2. The molecule has 1 N–H and O–H groups in total. The molecule has 0 fully saturated rings. The van der Waals surface area contributed by atoms with E-state index in [2.05, 4.69) is 17.4 Å². The zero-order valence-electron chi connectivity index (χ0n) is 17.4. The van der Waals surface area contributed by atoms with Crippen molar-refractivity contribution >= 4 is 40.9 Å². The smallest absolute Gasteiger partial charge is 0.268 e. The van der Waals surface area contributed by atoms with Crippen molar-refractivity contribution in [3.05, 3.63) is 75.3 Å². The first-order valence-corrected chi connectivity index (χ1v) is 11.8. The Labute approximate surface area is 191 Å². The van der Waals surface area contributed by atoms with Gasteiger partial charge in [-0.05, 0) is 61.6 Å². The number of nitrogens with one attached hydrogen (secondary N) is 1. The summed E-state index contributed by atoms with van der Waals surface area (Å²) in [6.07, 6.45) is 2.95. The zero-order chi connectivity index (χ0) is 21.8. The maximum atomic E-state index is 13.4. The van der Waals surface area contributed by atoms with E-state index in [4.69, 9.17) is 16.3 Å². The molecule has 1 heterocycles. The number of halogens is 1. The summed E-state index contributed by atoms with van der Waals surface area (Å²) >= 11 is 7.50. The van der Waals surface area contributed by atoms with Crippen molar-refractivity contribution in [3.8, 4) is 0 Å². The van der Waals surface area contributed by atoms with Crippen LogP contribution in [0.3, 0.4) is 0 Å². The molecular formula is C24H25ClN2O3S. The number of allylic oxidation sites excluding steroid dienone is 1. The van der Waals surface area contributed by atoms with Crippen LogP contribution >= 0.6 is 23.4 Å². The Morgan fingerprint density at radius 3 is 2.74 bits per heavy atom. The molecule has 2 aromatic carbocycles. The summed E-state index contributed by atoms with van der Waals surface area (Å²) in [5.74, 6) is 0.883. The van der Waals surface area contributed by atoms with Gasteiger partial charge in [0.15, 0.2) is 0 Å². The minimum absolute atomic E-state index is 0.0343. The lowest BCUT2D eigenvalue weighted by atomic mass is 9.88. The molecule has 2 aromatic rings. The predicted molar refractivity (Wildman–Crippen MR) is 125 cm³/mol. The molecule has 1 atom stereocenters. The minimum Gasteiger partial charge on any atom is -0.496 e. The molecule has 0 bridgehead atoms. The first kappa shape index (κ1) is 21.8. The standard InChI is InChI=1S/C24H25ClN2O3S/c1-16-23(31-14-13-30-16)24(29)27(19-11-9-18(25)10-12-19)15-22(28)26-21-8-4-6-17-5-2-3-7-20(17)21/h2-3,5,7,9-12,21H,4,6,8,13-15H2,1H3,(H,26,28)/t21-/m0/s1. The molecule has 0 spiro atoms. The summed E-state index contributed by atoms with van der Waals surface area (Å²) in [7, 11) is 0. The fraction of sp³-hybridized carbons (Fsp3) is 0.333. The van der Waals surface area contributed by atoms with Gasteiger partial charge in [0.05, 0.1) is 12.6 Å². The van der Waals surface area contributed by atoms with Gasteiger partial charge in [0.1, 0.15) is 17.2 Å². The number of hydrogen-bond donors (Lipinski definition) is 1. The monoisotopic (exact) mass is 456 g/mol. The second-order valence-corrected chi connectivity index (χ2v) is 9.20. The molecule has 0 saturated heterocycles. The molecule has 7 heteroatoms. The van der Waals surface area contributed by atoms with E-state index >= 15 is 0 Å². The number of rotatable bonds is 5. The molecular weight excluding hydrogens is 432 g/mol. The summed E-state index contributed by atoms with van der Waals surface area (Å²) in [5.41, 5.74) is 3.07. The maximum absolute atomic E-state index is 13.4. The van der Waals surface area contributed by atoms with Crippen LogP contribution in [0.1, 0.15) is 36.9 Å². The number of carbonyl (C=O) groups excluding carboxylic acids is 2. The van der Waals surface area contributed by atoms with Crippen LogP contribution in [0.4, 0.5) is 5.69 Å². The van der Waals surface area contributed by atoms with Crippen molar-refractivity contribution in [2.45, 2.75) is 32.2 Å². The highest BCUT2D eigenvalue weighted by Gasteiger charge is 2.28. The van der Waals surface area contributed by atoms with Gasteiger partial charge in [0.25, 0.3) is 5.91 Å². The van der Waals surface area contributed by atoms with E-state index in [1.165, 1.54) is 27.8 Å². The van der Waals surface area contributed by atoms with Gasteiger partial charge in [0.2, 0.25) is 5.91 Å². The topological polar surface area (TPSA) is 58.6 Å². The quantitative estimate of drug-likeness (QED) is 0.697. The summed E-state index contributed by atoms with van der Waals surface area (Å²) in [6, 6.07) is 15.1. The highest BCUT2D eigenvalue weighted by molar-refractivity contribution is 8.04. The van der Waals surface area contributed by atoms with Crippen molar-refractivity contribution in [1.82, 2.24) is 5.32 Å². The number of aryl methyl sites for hydroxylation is 1. The summed E-state index contributed by atoms with van der Waals surface area (Å²) in [4.78, 5) is 28.5. The number of fused-ring (bicyclic) bond motifs is 1. The van der Waals surface area contributed by atoms with E-state index in [-0.39, 0.29) is 24.4 Å². The van der Waals surface area contributed by atoms with Crippen molar-refractivity contribution in [1.29, 1.82) is 0 Å². The first-order chi connectivity index (χ1) is 15.0. The number of ether oxygens (including phenoxy) is 1. The van der Waals surface area contributed by atoms with Gasteiger partial charge < -0.3 is 10.1 Å². The van der Waals surface area contributed by atoms with Gasteiger partial charge in [-0.25, -0.2) is 0 Å². The van der Waals surface area contributed by atoms with Gasteiger partial charge in [0, 0.05) is 16.5 Å². The van der Waals surface area contributed by atoms with Crippen LogP contribution in [0.2, 0.25) is 5.02 Å². The molecule has 5 nitrogen and oxygen atoms in total. The van der Waals surface area contributed by atoms with Crippen molar-refractivity contribution in [2.75, 3.05) is 23.8 Å². The number of hydrogen-bond acceptors (Lipinski definition) is 4. The normalized spacial score (nSPS) is 18.1. The fourth-order valence-corrected chi connectivity index (χ4v) is 5.02. The number of amides is 2. The van der Waals surface area contributed by atoms with Crippen molar-refractivity contribution in [3.63, 3.8) is 0 Å². The molecule has 162 valence electrons. The Morgan fingerprint density at radius 1 is 1.19 bits per heavy atom. The number of carbonyl (C=O) groups is 2.